The Kier molecular flexibility index (Phi) is 2.73. The van der Waals surface area contributed by atoms with Crippen molar-refractivity contribution in [1.29, 1.82) is 0 Å². The molecule has 0 fully saturated rings. The SMILES string of the molecule is O=C([O-])c1cc2sc(Nc3ccccc3)nc2s1. The second kappa shape index (κ2) is 4.40. The number of aromatic carboxylic acids is 1. The van der Waals surface area contributed by atoms with Crippen molar-refractivity contribution >= 4 is 49.0 Å². The monoisotopic (exact) mass is 275 g/mol. The summed E-state index contributed by atoms with van der Waals surface area (Å²) in [6, 6.07) is 11.3. The number of thiophene rings is 1. The number of benzene rings is 1. The van der Waals surface area contributed by atoms with Gasteiger partial charge in [-0.2, -0.15) is 0 Å². The van der Waals surface area contributed by atoms with E-state index in [0.29, 0.717) is 0 Å². The summed E-state index contributed by atoms with van der Waals surface area (Å²) in [7, 11) is 0. The van der Waals surface area contributed by atoms with Crippen LogP contribution in [0.5, 0.6) is 0 Å². The van der Waals surface area contributed by atoms with E-state index in [9.17, 15) is 9.90 Å². The van der Waals surface area contributed by atoms with Crippen molar-refractivity contribution in [2.24, 2.45) is 0 Å². The molecule has 90 valence electrons. The number of carboxylic acid groups (broad SMARTS) is 1. The summed E-state index contributed by atoms with van der Waals surface area (Å²) in [6.07, 6.45) is 0. The van der Waals surface area contributed by atoms with Crippen molar-refractivity contribution < 1.29 is 9.90 Å². The zero-order valence-corrected chi connectivity index (χ0v) is 10.7. The molecule has 4 nitrogen and oxygen atoms in total. The van der Waals surface area contributed by atoms with Crippen LogP contribution < -0.4 is 10.4 Å². The molecule has 1 aromatic carbocycles. The van der Waals surface area contributed by atoms with Crippen molar-refractivity contribution in [2.75, 3.05) is 5.32 Å². The maximum atomic E-state index is 10.7. The minimum absolute atomic E-state index is 0.218. The Morgan fingerprint density at radius 1 is 1.22 bits per heavy atom. The summed E-state index contributed by atoms with van der Waals surface area (Å²) in [5.74, 6) is -1.15. The highest BCUT2D eigenvalue weighted by Gasteiger charge is 2.09. The smallest absolute Gasteiger partial charge is 0.189 e. The number of fused-ring (bicyclic) bond motifs is 1. The molecule has 2 aromatic heterocycles. The summed E-state index contributed by atoms with van der Waals surface area (Å²) >= 11 is 2.56. The van der Waals surface area contributed by atoms with Crippen molar-refractivity contribution in [3.8, 4) is 0 Å². The van der Waals surface area contributed by atoms with Crippen molar-refractivity contribution in [2.45, 2.75) is 0 Å². The van der Waals surface area contributed by atoms with Gasteiger partial charge in [-0.25, -0.2) is 4.98 Å². The maximum absolute atomic E-state index is 10.7. The third kappa shape index (κ3) is 2.07. The zero-order valence-electron chi connectivity index (χ0n) is 9.04. The zero-order chi connectivity index (χ0) is 12.5. The van der Waals surface area contributed by atoms with E-state index in [2.05, 4.69) is 10.3 Å². The summed E-state index contributed by atoms with van der Waals surface area (Å²) in [4.78, 5) is 16.0. The van der Waals surface area contributed by atoms with Gasteiger partial charge in [0.15, 0.2) is 5.13 Å². The van der Waals surface area contributed by atoms with Gasteiger partial charge < -0.3 is 15.2 Å². The molecular weight excluding hydrogens is 268 g/mol. The number of para-hydroxylation sites is 1. The molecule has 2 heterocycles. The topological polar surface area (TPSA) is 65.0 Å². The van der Waals surface area contributed by atoms with Crippen LogP contribution in [0.25, 0.3) is 9.53 Å². The third-order valence-electron chi connectivity index (χ3n) is 2.32. The van der Waals surface area contributed by atoms with Crippen molar-refractivity contribution in [1.82, 2.24) is 4.98 Å². The van der Waals surface area contributed by atoms with Gasteiger partial charge in [0.25, 0.3) is 0 Å². The van der Waals surface area contributed by atoms with Crippen LogP contribution in [-0.2, 0) is 0 Å². The van der Waals surface area contributed by atoms with Crippen LogP contribution in [0.3, 0.4) is 0 Å². The predicted molar refractivity (Wildman–Crippen MR) is 71.6 cm³/mol. The van der Waals surface area contributed by atoms with Gasteiger partial charge in [-0.15, -0.1) is 11.3 Å². The standard InChI is InChI=1S/C12H8N2O2S2/c15-11(16)9-6-8-10(17-9)14-12(18-8)13-7-4-2-1-3-5-7/h1-6H,(H,13,14)(H,15,16)/p-1. The van der Waals surface area contributed by atoms with Crippen LogP contribution in [0.1, 0.15) is 9.67 Å². The van der Waals surface area contributed by atoms with Gasteiger partial charge in [0.2, 0.25) is 0 Å². The van der Waals surface area contributed by atoms with E-state index in [0.717, 1.165) is 31.7 Å². The molecule has 0 radical (unpaired) electrons. The second-order valence-electron chi connectivity index (χ2n) is 3.58. The van der Waals surface area contributed by atoms with Gasteiger partial charge in [-0.1, -0.05) is 29.5 Å². The van der Waals surface area contributed by atoms with Crippen LogP contribution >= 0.6 is 22.7 Å². The number of anilines is 2. The molecule has 0 atom stereocenters. The van der Waals surface area contributed by atoms with E-state index < -0.39 is 5.97 Å². The van der Waals surface area contributed by atoms with E-state index in [1.54, 1.807) is 6.07 Å². The highest BCUT2D eigenvalue weighted by Crippen LogP contribution is 2.33. The minimum Gasteiger partial charge on any atom is -0.544 e. The van der Waals surface area contributed by atoms with Crippen molar-refractivity contribution in [3.05, 3.63) is 41.3 Å². The predicted octanol–water partition coefficient (Wildman–Crippen LogP) is 2.46. The molecule has 0 aliphatic heterocycles. The number of carboxylic acids is 1. The molecular formula is C12H7N2O2S2-. The number of rotatable bonds is 3. The summed E-state index contributed by atoms with van der Waals surface area (Å²) in [5.41, 5.74) is 0.957. The Bertz CT molecular complexity index is 672. The van der Waals surface area contributed by atoms with Gasteiger partial charge in [0, 0.05) is 5.69 Å². The molecule has 0 saturated carbocycles. The first-order valence-electron chi connectivity index (χ1n) is 5.16. The summed E-state index contributed by atoms with van der Waals surface area (Å²) in [5, 5.41) is 14.6. The van der Waals surface area contributed by atoms with E-state index >= 15 is 0 Å². The number of thiazole rings is 1. The van der Waals surface area contributed by atoms with E-state index in [4.69, 9.17) is 0 Å². The van der Waals surface area contributed by atoms with Crippen LogP contribution in [-0.4, -0.2) is 11.0 Å². The van der Waals surface area contributed by atoms with Gasteiger partial charge in [-0.3, -0.25) is 0 Å². The van der Waals surface area contributed by atoms with Crippen LogP contribution in [0.4, 0.5) is 10.8 Å². The molecule has 0 bridgehead atoms. The Morgan fingerprint density at radius 3 is 2.67 bits per heavy atom. The van der Waals surface area contributed by atoms with Crippen LogP contribution in [0.2, 0.25) is 0 Å². The molecule has 3 rings (SSSR count). The van der Waals surface area contributed by atoms with Gasteiger partial charge in [-0.05, 0) is 18.2 Å². The Morgan fingerprint density at radius 2 is 2.00 bits per heavy atom. The minimum atomic E-state index is -1.15. The number of hydrogen-bond acceptors (Lipinski definition) is 6. The third-order valence-corrected chi connectivity index (χ3v) is 4.37. The lowest BCUT2D eigenvalue weighted by Crippen LogP contribution is -2.20. The Labute approximate surface area is 111 Å². The Hall–Kier alpha value is -1.92. The summed E-state index contributed by atoms with van der Waals surface area (Å²) in [6.45, 7) is 0. The van der Waals surface area contributed by atoms with Crippen LogP contribution in [0.15, 0.2) is 36.4 Å². The number of nitrogens with one attached hydrogen (secondary N) is 1. The second-order valence-corrected chi connectivity index (χ2v) is 5.64. The number of nitrogens with zero attached hydrogens (tertiary/aromatic N) is 1. The first-order valence-corrected chi connectivity index (χ1v) is 6.79. The fourth-order valence-electron chi connectivity index (χ4n) is 1.53. The first kappa shape index (κ1) is 11.2. The highest BCUT2D eigenvalue weighted by molar-refractivity contribution is 7.29. The van der Waals surface area contributed by atoms with Crippen molar-refractivity contribution in [3.63, 3.8) is 0 Å². The number of hydrogen-bond donors (Lipinski definition) is 1. The fourth-order valence-corrected chi connectivity index (χ4v) is 3.51. The van der Waals surface area contributed by atoms with E-state index in [-0.39, 0.29) is 4.88 Å². The molecule has 0 aliphatic carbocycles. The molecule has 18 heavy (non-hydrogen) atoms. The average Bonchev–Trinajstić information content (AvgIpc) is 2.88. The lowest BCUT2D eigenvalue weighted by molar-refractivity contribution is -0.254. The highest BCUT2D eigenvalue weighted by atomic mass is 32.1. The fraction of sp³-hybridized carbons (Fsp3) is 0. The molecule has 6 heteroatoms. The lowest BCUT2D eigenvalue weighted by atomic mass is 10.3. The number of carbonyl (C=O) groups is 1. The van der Waals surface area contributed by atoms with Gasteiger partial charge in [0.05, 0.1) is 15.5 Å². The van der Waals surface area contributed by atoms with Crippen LogP contribution in [0, 0.1) is 0 Å². The van der Waals surface area contributed by atoms with E-state index in [1.807, 2.05) is 30.3 Å². The molecule has 0 aliphatic rings. The number of aromatic nitrogens is 1. The molecule has 0 spiro atoms. The molecule has 0 saturated heterocycles. The molecule has 3 aromatic rings. The Balaban J connectivity index is 1.90. The molecule has 0 unspecified atom stereocenters. The maximum Gasteiger partial charge on any atom is 0.189 e. The summed E-state index contributed by atoms with van der Waals surface area (Å²) < 4.78 is 0.859. The molecule has 1 N–H and O–H groups in total. The number of carbonyl (C=O) groups excluding carboxylic acids is 1. The quantitative estimate of drug-likeness (QED) is 0.797. The average molecular weight is 275 g/mol. The largest absolute Gasteiger partial charge is 0.544 e. The lowest BCUT2D eigenvalue weighted by Gasteiger charge is -2.00. The van der Waals surface area contributed by atoms with Gasteiger partial charge in [0.1, 0.15) is 4.83 Å². The van der Waals surface area contributed by atoms with Gasteiger partial charge >= 0.3 is 0 Å². The first-order chi connectivity index (χ1) is 8.72. The molecule has 0 amide bonds. The normalized spacial score (nSPS) is 10.7. The van der Waals surface area contributed by atoms with E-state index in [1.165, 1.54) is 11.3 Å².